The summed E-state index contributed by atoms with van der Waals surface area (Å²) in [6, 6.07) is 21.9. The van der Waals surface area contributed by atoms with Crippen LogP contribution in [0.25, 0.3) is 0 Å². The van der Waals surface area contributed by atoms with Gasteiger partial charge in [-0.1, -0.05) is 138 Å². The van der Waals surface area contributed by atoms with E-state index in [1.807, 2.05) is 0 Å². The molecule has 0 radical (unpaired) electrons. The zero-order chi connectivity index (χ0) is 28.1. The van der Waals surface area contributed by atoms with E-state index in [1.165, 1.54) is 24.0 Å². The number of hydrogen-bond acceptors (Lipinski definition) is 3. The average molecular weight is 518 g/mol. The third kappa shape index (κ3) is 9.34. The minimum atomic E-state index is -0.231. The summed E-state index contributed by atoms with van der Waals surface area (Å²) in [4.78, 5) is 9.53. The maximum atomic E-state index is 9.53. The van der Waals surface area contributed by atoms with Crippen molar-refractivity contribution in [2.45, 2.75) is 92.0 Å². The normalized spacial score (nSPS) is 19.2. The fraction of sp³-hybridized carbons (Fsp3) is 0.543. The molecule has 0 bridgehead atoms. The molecule has 1 aliphatic carbocycles. The van der Waals surface area contributed by atoms with Gasteiger partial charge in [0.15, 0.2) is 0 Å². The van der Waals surface area contributed by atoms with Crippen molar-refractivity contribution in [3.8, 4) is 0 Å². The van der Waals surface area contributed by atoms with Gasteiger partial charge in [0, 0.05) is 12.5 Å². The monoisotopic (exact) mass is 517 g/mol. The van der Waals surface area contributed by atoms with Crippen LogP contribution in [0.5, 0.6) is 0 Å². The van der Waals surface area contributed by atoms with Gasteiger partial charge in [-0.3, -0.25) is 0 Å². The highest BCUT2D eigenvalue weighted by atomic mass is 16.3. The molecule has 0 aliphatic heterocycles. The molecule has 6 unspecified atom stereocenters. The second-order valence-electron chi connectivity index (χ2n) is 11.6. The zero-order valence-electron chi connectivity index (χ0n) is 24.8. The fourth-order valence-corrected chi connectivity index (χ4v) is 5.93. The largest absolute Gasteiger partial charge is 0.396 e. The summed E-state index contributed by atoms with van der Waals surface area (Å²) in [5, 5.41) is 10.8. The lowest BCUT2D eigenvalue weighted by Crippen LogP contribution is -2.24. The maximum Gasteiger partial charge on any atom is 0.0913 e. The number of benzene rings is 2. The van der Waals surface area contributed by atoms with Crippen LogP contribution in [-0.4, -0.2) is 17.8 Å². The molecule has 0 amide bonds. The van der Waals surface area contributed by atoms with E-state index in [1.54, 1.807) is 18.1 Å². The molecule has 0 spiro atoms. The van der Waals surface area contributed by atoms with Gasteiger partial charge in [-0.2, -0.15) is 4.91 Å². The fourth-order valence-electron chi connectivity index (χ4n) is 5.93. The molecular formula is C35H51NO2. The molecule has 6 atom stereocenters. The quantitative estimate of drug-likeness (QED) is 0.285. The number of aliphatic hydroxyl groups is 1. The highest BCUT2D eigenvalue weighted by molar-refractivity contribution is 5.40. The van der Waals surface area contributed by atoms with Gasteiger partial charge in [0.2, 0.25) is 0 Å². The van der Waals surface area contributed by atoms with Crippen LogP contribution in [-0.2, 0) is 0 Å². The van der Waals surface area contributed by atoms with E-state index < -0.39 is 0 Å². The molecule has 38 heavy (non-hydrogen) atoms. The maximum absolute atomic E-state index is 9.53. The molecule has 3 rings (SSSR count). The number of rotatable bonds is 12. The van der Waals surface area contributed by atoms with E-state index in [9.17, 15) is 4.91 Å². The van der Waals surface area contributed by atoms with E-state index in [0.29, 0.717) is 41.9 Å². The van der Waals surface area contributed by atoms with Gasteiger partial charge in [0.1, 0.15) is 0 Å². The van der Waals surface area contributed by atoms with Crippen LogP contribution >= 0.6 is 0 Å². The van der Waals surface area contributed by atoms with E-state index in [0.717, 1.165) is 6.42 Å². The lowest BCUT2D eigenvalue weighted by Gasteiger charge is -2.36. The minimum absolute atomic E-state index is 0.0485. The van der Waals surface area contributed by atoms with Crippen molar-refractivity contribution in [1.29, 1.82) is 0 Å². The molecule has 1 aliphatic rings. The number of allylic oxidation sites excluding steroid dienone is 4. The Labute approximate surface area is 232 Å². The summed E-state index contributed by atoms with van der Waals surface area (Å²) in [6.45, 7) is 16.1. The summed E-state index contributed by atoms with van der Waals surface area (Å²) in [5.74, 6) is 3.54. The van der Waals surface area contributed by atoms with Crippen molar-refractivity contribution in [3.05, 3.63) is 100.0 Å². The Morgan fingerprint density at radius 3 is 1.92 bits per heavy atom. The first-order chi connectivity index (χ1) is 18.2. The average Bonchev–Trinajstić information content (AvgIpc) is 2.93. The first kappa shape index (κ1) is 31.7. The van der Waals surface area contributed by atoms with E-state index in [4.69, 9.17) is 5.11 Å². The van der Waals surface area contributed by atoms with Crippen molar-refractivity contribution in [2.24, 2.45) is 28.8 Å². The highest BCUT2D eigenvalue weighted by Crippen LogP contribution is 2.43. The van der Waals surface area contributed by atoms with Gasteiger partial charge in [-0.15, -0.1) is 0 Å². The summed E-state index contributed by atoms with van der Waals surface area (Å²) in [5.41, 5.74) is 6.09. The summed E-state index contributed by atoms with van der Waals surface area (Å²) in [6.07, 6.45) is 9.43. The standard InChI is InChI=1S/C31H42.C4H9NO2/c1-7-14-23(4)31(22(2)3)30-20-28(24(5)26-15-10-8-11-16-26)19-29(21-30)25(6)27-17-12-9-13-18-27;1-4(5-7)2-3-6/h8-13,15-18,20-25,28,31H,7,14,19H2,1-6H3;4,6H,2-3H2,1H3. The summed E-state index contributed by atoms with van der Waals surface area (Å²) >= 11 is 0. The topological polar surface area (TPSA) is 49.7 Å². The van der Waals surface area contributed by atoms with Crippen LogP contribution in [0.1, 0.15) is 97.1 Å². The van der Waals surface area contributed by atoms with Gasteiger partial charge < -0.3 is 5.11 Å². The number of aliphatic hydroxyl groups excluding tert-OH is 1. The molecule has 0 saturated carbocycles. The summed E-state index contributed by atoms with van der Waals surface area (Å²) in [7, 11) is 0. The first-order valence-corrected chi connectivity index (χ1v) is 14.7. The lowest BCUT2D eigenvalue weighted by atomic mass is 9.69. The number of nitrogens with zero attached hydrogens (tertiary/aromatic N) is 1. The Bertz CT molecular complexity index is 995. The first-order valence-electron chi connectivity index (χ1n) is 14.7. The Morgan fingerprint density at radius 1 is 0.868 bits per heavy atom. The molecular weight excluding hydrogens is 466 g/mol. The van der Waals surface area contributed by atoms with E-state index in [2.05, 4.69) is 120 Å². The van der Waals surface area contributed by atoms with Crippen LogP contribution in [0.4, 0.5) is 0 Å². The van der Waals surface area contributed by atoms with Crippen molar-refractivity contribution in [1.82, 2.24) is 0 Å². The van der Waals surface area contributed by atoms with E-state index in [-0.39, 0.29) is 12.6 Å². The molecule has 2 aromatic carbocycles. The van der Waals surface area contributed by atoms with Crippen LogP contribution in [0.2, 0.25) is 0 Å². The Balaban J connectivity index is 0.000000638. The molecule has 1 N–H and O–H groups in total. The predicted octanol–water partition coefficient (Wildman–Crippen LogP) is 9.70. The minimum Gasteiger partial charge on any atom is -0.396 e. The summed E-state index contributed by atoms with van der Waals surface area (Å²) < 4.78 is 0. The van der Waals surface area contributed by atoms with Crippen molar-refractivity contribution >= 4 is 0 Å². The van der Waals surface area contributed by atoms with Crippen molar-refractivity contribution < 1.29 is 5.11 Å². The molecule has 3 nitrogen and oxygen atoms in total. The van der Waals surface area contributed by atoms with E-state index >= 15 is 0 Å². The molecule has 0 heterocycles. The highest BCUT2D eigenvalue weighted by Gasteiger charge is 2.30. The molecule has 0 saturated heterocycles. The second kappa shape index (κ2) is 16.4. The van der Waals surface area contributed by atoms with Crippen LogP contribution in [0.15, 0.2) is 89.1 Å². The van der Waals surface area contributed by atoms with Crippen molar-refractivity contribution in [3.63, 3.8) is 0 Å². The molecule has 0 aromatic heterocycles. The third-order valence-corrected chi connectivity index (χ3v) is 8.24. The van der Waals surface area contributed by atoms with Gasteiger partial charge in [0.25, 0.3) is 0 Å². The smallest absolute Gasteiger partial charge is 0.0913 e. The number of nitroso groups, excluding NO2 is 1. The van der Waals surface area contributed by atoms with Crippen LogP contribution < -0.4 is 0 Å². The SMILES string of the molecule is CC(CCO)N=O.CCCC(C)C(C1=CC(C(C)c2ccccc2)CC(C(C)c2ccccc2)=C1)C(C)C. The third-order valence-electron chi connectivity index (χ3n) is 8.24. The van der Waals surface area contributed by atoms with Crippen molar-refractivity contribution in [2.75, 3.05) is 6.61 Å². The number of hydrogen-bond donors (Lipinski definition) is 1. The molecule has 2 aromatic rings. The van der Waals surface area contributed by atoms with Gasteiger partial charge in [-0.05, 0) is 66.1 Å². The predicted molar refractivity (Wildman–Crippen MR) is 163 cm³/mol. The van der Waals surface area contributed by atoms with Crippen LogP contribution in [0, 0.1) is 28.6 Å². The van der Waals surface area contributed by atoms with Crippen LogP contribution in [0.3, 0.4) is 0 Å². The van der Waals surface area contributed by atoms with Gasteiger partial charge in [-0.25, -0.2) is 0 Å². The second-order valence-corrected chi connectivity index (χ2v) is 11.6. The lowest BCUT2D eigenvalue weighted by molar-refractivity contribution is 0.279. The molecule has 0 fully saturated rings. The molecule has 3 heteroatoms. The molecule has 208 valence electrons. The Morgan fingerprint density at radius 2 is 1.45 bits per heavy atom. The Kier molecular flexibility index (Phi) is 13.7. The Hall–Kier alpha value is -2.52. The van der Waals surface area contributed by atoms with Gasteiger partial charge in [0.05, 0.1) is 6.04 Å². The zero-order valence-corrected chi connectivity index (χ0v) is 24.8. The van der Waals surface area contributed by atoms with Gasteiger partial charge >= 0.3 is 0 Å².